The first-order valence-electron chi connectivity index (χ1n) is 9.45. The van der Waals surface area contributed by atoms with Crippen molar-refractivity contribution in [2.24, 2.45) is 5.92 Å². The number of nitriles is 1. The van der Waals surface area contributed by atoms with Crippen LogP contribution in [0, 0.1) is 17.2 Å². The Labute approximate surface area is 159 Å². The van der Waals surface area contributed by atoms with E-state index >= 15 is 0 Å². The number of nitrogens with zero attached hydrogens (tertiary/aromatic N) is 3. The highest BCUT2D eigenvalue weighted by atomic mass is 16.6. The Bertz CT molecular complexity index is 705. The molecular formula is C20H25N3O4. The van der Waals surface area contributed by atoms with Crippen molar-refractivity contribution in [1.29, 1.82) is 5.26 Å². The zero-order valence-corrected chi connectivity index (χ0v) is 15.6. The normalized spacial score (nSPS) is 21.0. The minimum atomic E-state index is -0.345. The van der Waals surface area contributed by atoms with Gasteiger partial charge in [0.05, 0.1) is 24.8 Å². The number of piperidine rings is 1. The van der Waals surface area contributed by atoms with Crippen LogP contribution >= 0.6 is 0 Å². The number of likely N-dealkylation sites (tertiary alicyclic amines) is 1. The lowest BCUT2D eigenvalue weighted by molar-refractivity contribution is -0.144. The average molecular weight is 371 g/mol. The molecule has 2 fully saturated rings. The van der Waals surface area contributed by atoms with Gasteiger partial charge in [0, 0.05) is 18.7 Å². The number of ether oxygens (including phenoxy) is 2. The van der Waals surface area contributed by atoms with Crippen LogP contribution in [0.1, 0.15) is 31.7 Å². The Kier molecular flexibility index (Phi) is 6.30. The summed E-state index contributed by atoms with van der Waals surface area (Å²) in [7, 11) is 0. The third kappa shape index (κ3) is 4.98. The van der Waals surface area contributed by atoms with E-state index in [1.807, 2.05) is 6.92 Å². The second-order valence-electron chi connectivity index (χ2n) is 7.03. The second-order valence-corrected chi connectivity index (χ2v) is 7.03. The lowest BCUT2D eigenvalue weighted by atomic mass is 9.93. The maximum Gasteiger partial charge on any atom is 0.414 e. The topological polar surface area (TPSA) is 82.9 Å². The van der Waals surface area contributed by atoms with E-state index in [0.29, 0.717) is 37.6 Å². The lowest BCUT2D eigenvalue weighted by Crippen LogP contribution is -2.40. The molecule has 7 heteroatoms. The third-order valence-corrected chi connectivity index (χ3v) is 5.11. The molecule has 0 aliphatic carbocycles. The molecule has 7 nitrogen and oxygen atoms in total. The molecule has 2 aliphatic heterocycles. The van der Waals surface area contributed by atoms with Crippen LogP contribution in [-0.4, -0.2) is 55.9 Å². The number of rotatable bonds is 6. The molecule has 1 unspecified atom stereocenters. The fourth-order valence-corrected chi connectivity index (χ4v) is 3.66. The summed E-state index contributed by atoms with van der Waals surface area (Å²) < 4.78 is 10.5. The number of carbonyl (C=O) groups is 2. The molecule has 2 heterocycles. The van der Waals surface area contributed by atoms with Crippen molar-refractivity contribution >= 4 is 17.7 Å². The minimum absolute atomic E-state index is 0.112. The van der Waals surface area contributed by atoms with Gasteiger partial charge in [-0.3, -0.25) is 14.6 Å². The van der Waals surface area contributed by atoms with Gasteiger partial charge in [0.2, 0.25) is 0 Å². The third-order valence-electron chi connectivity index (χ3n) is 5.11. The number of benzene rings is 1. The van der Waals surface area contributed by atoms with Crippen molar-refractivity contribution in [3.63, 3.8) is 0 Å². The van der Waals surface area contributed by atoms with Crippen LogP contribution in [0.3, 0.4) is 0 Å². The highest BCUT2D eigenvalue weighted by Gasteiger charge is 2.34. The van der Waals surface area contributed by atoms with Gasteiger partial charge in [0.1, 0.15) is 6.10 Å². The number of amides is 1. The second kappa shape index (κ2) is 8.87. The molecule has 1 aromatic carbocycles. The largest absolute Gasteiger partial charge is 0.466 e. The standard InChI is InChI=1S/C20H25N3O4/c1-2-26-19(24)11-15-7-9-22(10-8-15)13-18-14-23(20(25)27-18)17-5-3-16(12-21)4-6-17/h3-6,15,18H,2,7-11,13-14H2,1H3. The van der Waals surface area contributed by atoms with Gasteiger partial charge in [-0.1, -0.05) is 0 Å². The van der Waals surface area contributed by atoms with Crippen LogP contribution in [0.25, 0.3) is 0 Å². The number of hydrogen-bond acceptors (Lipinski definition) is 6. The first kappa shape index (κ1) is 19.2. The molecule has 3 rings (SSSR count). The van der Waals surface area contributed by atoms with Crippen molar-refractivity contribution in [1.82, 2.24) is 4.90 Å². The van der Waals surface area contributed by atoms with Gasteiger partial charge in [0.25, 0.3) is 0 Å². The van der Waals surface area contributed by atoms with E-state index in [1.165, 1.54) is 0 Å². The molecule has 1 amide bonds. The predicted molar refractivity (Wildman–Crippen MR) is 99.2 cm³/mol. The summed E-state index contributed by atoms with van der Waals surface area (Å²) in [6.45, 7) is 5.26. The summed E-state index contributed by atoms with van der Waals surface area (Å²) in [5.74, 6) is 0.264. The monoisotopic (exact) mass is 371 g/mol. The van der Waals surface area contributed by atoms with E-state index in [0.717, 1.165) is 31.6 Å². The average Bonchev–Trinajstić information content (AvgIpc) is 3.04. The summed E-state index contributed by atoms with van der Waals surface area (Å²) in [5.41, 5.74) is 1.31. The highest BCUT2D eigenvalue weighted by Crippen LogP contribution is 2.25. The van der Waals surface area contributed by atoms with E-state index < -0.39 is 0 Å². The molecule has 0 N–H and O–H groups in total. The van der Waals surface area contributed by atoms with Crippen LogP contribution < -0.4 is 4.90 Å². The van der Waals surface area contributed by atoms with Crippen LogP contribution in [-0.2, 0) is 14.3 Å². The first-order chi connectivity index (χ1) is 13.1. The van der Waals surface area contributed by atoms with Gasteiger partial charge in [-0.05, 0) is 63.0 Å². The Morgan fingerprint density at radius 2 is 2.00 bits per heavy atom. The van der Waals surface area contributed by atoms with Gasteiger partial charge < -0.3 is 9.47 Å². The van der Waals surface area contributed by atoms with Gasteiger partial charge in [-0.25, -0.2) is 4.79 Å². The van der Waals surface area contributed by atoms with Crippen LogP contribution in [0.5, 0.6) is 0 Å². The maximum atomic E-state index is 12.2. The quantitative estimate of drug-likeness (QED) is 0.715. The first-order valence-corrected chi connectivity index (χ1v) is 9.45. The smallest absolute Gasteiger partial charge is 0.414 e. The van der Waals surface area contributed by atoms with Gasteiger partial charge in [0.15, 0.2) is 0 Å². The lowest BCUT2D eigenvalue weighted by Gasteiger charge is -2.32. The van der Waals surface area contributed by atoms with Crippen LogP contribution in [0.15, 0.2) is 24.3 Å². The van der Waals surface area contributed by atoms with Crippen molar-refractivity contribution in [3.05, 3.63) is 29.8 Å². The maximum absolute atomic E-state index is 12.2. The Morgan fingerprint density at radius 3 is 2.63 bits per heavy atom. The minimum Gasteiger partial charge on any atom is -0.466 e. The molecule has 1 aromatic rings. The summed E-state index contributed by atoms with van der Waals surface area (Å²) in [6, 6.07) is 9.00. The van der Waals surface area contributed by atoms with Gasteiger partial charge in [-0.2, -0.15) is 5.26 Å². The van der Waals surface area contributed by atoms with E-state index in [4.69, 9.17) is 14.7 Å². The SMILES string of the molecule is CCOC(=O)CC1CCN(CC2CN(c3ccc(C#N)cc3)C(=O)O2)CC1. The molecule has 0 saturated carbocycles. The Hall–Kier alpha value is -2.59. The van der Waals surface area contributed by atoms with Crippen LogP contribution in [0.2, 0.25) is 0 Å². The molecule has 2 saturated heterocycles. The molecule has 2 aliphatic rings. The van der Waals surface area contributed by atoms with Crippen molar-refractivity contribution < 1.29 is 19.1 Å². The summed E-state index contributed by atoms with van der Waals surface area (Å²) in [4.78, 5) is 27.7. The molecule has 0 aromatic heterocycles. The molecule has 1 atom stereocenters. The molecule has 0 radical (unpaired) electrons. The summed E-state index contributed by atoms with van der Waals surface area (Å²) in [5, 5.41) is 8.88. The summed E-state index contributed by atoms with van der Waals surface area (Å²) >= 11 is 0. The number of hydrogen-bond donors (Lipinski definition) is 0. The summed E-state index contributed by atoms with van der Waals surface area (Å²) in [6.07, 6.45) is 1.89. The molecule has 144 valence electrons. The van der Waals surface area contributed by atoms with E-state index in [9.17, 15) is 9.59 Å². The van der Waals surface area contributed by atoms with Gasteiger partial charge >= 0.3 is 12.1 Å². The van der Waals surface area contributed by atoms with Gasteiger partial charge in [-0.15, -0.1) is 0 Å². The van der Waals surface area contributed by atoms with E-state index in [2.05, 4.69) is 11.0 Å². The van der Waals surface area contributed by atoms with Crippen LogP contribution in [0.4, 0.5) is 10.5 Å². The van der Waals surface area contributed by atoms with E-state index in [1.54, 1.807) is 29.2 Å². The fraction of sp³-hybridized carbons (Fsp3) is 0.550. The van der Waals surface area contributed by atoms with Crippen molar-refractivity contribution in [2.75, 3.05) is 37.7 Å². The number of esters is 1. The van der Waals surface area contributed by atoms with E-state index in [-0.39, 0.29) is 18.2 Å². The number of cyclic esters (lactones) is 1. The highest BCUT2D eigenvalue weighted by molar-refractivity contribution is 5.89. The number of anilines is 1. The Balaban J connectivity index is 1.46. The Morgan fingerprint density at radius 1 is 1.30 bits per heavy atom. The van der Waals surface area contributed by atoms with Crippen molar-refractivity contribution in [2.45, 2.75) is 32.3 Å². The zero-order chi connectivity index (χ0) is 19.2. The zero-order valence-electron chi connectivity index (χ0n) is 15.6. The molecule has 27 heavy (non-hydrogen) atoms. The molecule has 0 bridgehead atoms. The predicted octanol–water partition coefficient (Wildman–Crippen LogP) is 2.55. The molecule has 0 spiro atoms. The van der Waals surface area contributed by atoms with Crippen molar-refractivity contribution in [3.8, 4) is 6.07 Å². The fourth-order valence-electron chi connectivity index (χ4n) is 3.66. The molecular weight excluding hydrogens is 346 g/mol. The number of carbonyl (C=O) groups excluding carboxylic acids is 2.